The van der Waals surface area contributed by atoms with E-state index in [4.69, 9.17) is 0 Å². The van der Waals surface area contributed by atoms with Crippen molar-refractivity contribution in [2.75, 3.05) is 0 Å². The molecule has 244 valence electrons. The summed E-state index contributed by atoms with van der Waals surface area (Å²) < 4.78 is 0. The second kappa shape index (κ2) is 12.9. The minimum absolute atomic E-state index is 1.23. The summed E-state index contributed by atoms with van der Waals surface area (Å²) >= 11 is 3.72. The number of fused-ring (bicyclic) bond motifs is 3. The van der Waals surface area contributed by atoms with Crippen molar-refractivity contribution < 1.29 is 0 Å². The van der Waals surface area contributed by atoms with Gasteiger partial charge in [0.15, 0.2) is 0 Å². The van der Waals surface area contributed by atoms with Crippen LogP contribution in [-0.2, 0) is 0 Å². The van der Waals surface area contributed by atoms with Crippen molar-refractivity contribution in [2.45, 2.75) is 0 Å². The van der Waals surface area contributed by atoms with Crippen LogP contribution >= 0.6 is 22.7 Å². The van der Waals surface area contributed by atoms with Crippen LogP contribution in [0.4, 0.5) is 0 Å². The molecule has 10 rings (SSSR count). The summed E-state index contributed by atoms with van der Waals surface area (Å²) in [4.78, 5) is 5.09. The number of hydrogen-bond acceptors (Lipinski definition) is 2. The predicted molar refractivity (Wildman–Crippen MR) is 227 cm³/mol. The standard InChI is InChI=1S/C50H32S2/c1-3-14-34(15-4-1)45-27-28-47(51-45)37-25-26-39(48-30-29-46(52-48)35-16-5-2-6-17-35)44(32-37)50-42-21-11-9-19-40(42)49(41-20-10-12-22-43(41)50)38-24-23-33-13-7-8-18-36(33)31-38/h1-32H. The highest BCUT2D eigenvalue weighted by Crippen LogP contribution is 2.49. The second-order valence-electron chi connectivity index (χ2n) is 13.2. The molecule has 0 saturated carbocycles. The van der Waals surface area contributed by atoms with Crippen LogP contribution in [0, 0.1) is 0 Å². The van der Waals surface area contributed by atoms with Gasteiger partial charge in [0.2, 0.25) is 0 Å². The topological polar surface area (TPSA) is 0 Å². The van der Waals surface area contributed by atoms with Crippen LogP contribution in [0.25, 0.3) is 96.3 Å². The van der Waals surface area contributed by atoms with Gasteiger partial charge in [-0.05, 0) is 113 Å². The highest BCUT2D eigenvalue weighted by Gasteiger charge is 2.21. The molecule has 0 unspecified atom stereocenters. The Hall–Kier alpha value is -6.06. The second-order valence-corrected chi connectivity index (χ2v) is 15.4. The summed E-state index contributed by atoms with van der Waals surface area (Å²) in [6.45, 7) is 0. The maximum absolute atomic E-state index is 2.45. The Morgan fingerprint density at radius 1 is 0.250 bits per heavy atom. The Bertz CT molecular complexity index is 2840. The summed E-state index contributed by atoms with van der Waals surface area (Å²) in [7, 11) is 0. The molecule has 0 amide bonds. The van der Waals surface area contributed by atoms with Crippen LogP contribution in [0.1, 0.15) is 0 Å². The summed E-state index contributed by atoms with van der Waals surface area (Å²) in [6, 6.07) is 71.2. The molecule has 0 aliphatic rings. The average Bonchev–Trinajstić information content (AvgIpc) is 3.92. The number of benzene rings is 8. The SMILES string of the molecule is c1ccc(-c2ccc(-c3ccc(-c4ccc(-c5ccccc5)s4)c(-c4c5ccccc5c(-c5ccc6ccccc6c5)c5ccccc45)c3)s2)cc1. The van der Waals surface area contributed by atoms with E-state index in [1.165, 1.54) is 96.3 Å². The third-order valence-corrected chi connectivity index (χ3v) is 12.5. The van der Waals surface area contributed by atoms with Crippen molar-refractivity contribution in [1.29, 1.82) is 0 Å². The van der Waals surface area contributed by atoms with E-state index in [0.29, 0.717) is 0 Å². The zero-order valence-corrected chi connectivity index (χ0v) is 29.9. The Morgan fingerprint density at radius 2 is 0.712 bits per heavy atom. The highest BCUT2D eigenvalue weighted by molar-refractivity contribution is 7.19. The maximum atomic E-state index is 2.45. The molecule has 2 heterocycles. The number of thiophene rings is 2. The first kappa shape index (κ1) is 30.7. The molecule has 2 heteroatoms. The molecule has 0 saturated heterocycles. The van der Waals surface area contributed by atoms with E-state index in [0.717, 1.165) is 0 Å². The lowest BCUT2D eigenvalue weighted by Crippen LogP contribution is -1.93. The first-order valence-corrected chi connectivity index (χ1v) is 19.3. The van der Waals surface area contributed by atoms with Gasteiger partial charge in [-0.1, -0.05) is 158 Å². The van der Waals surface area contributed by atoms with Gasteiger partial charge in [-0.15, -0.1) is 22.7 Å². The van der Waals surface area contributed by atoms with E-state index >= 15 is 0 Å². The van der Waals surface area contributed by atoms with E-state index in [1.54, 1.807) is 0 Å². The van der Waals surface area contributed by atoms with Gasteiger partial charge in [-0.3, -0.25) is 0 Å². The smallest absolute Gasteiger partial charge is 0.0355 e. The Labute approximate surface area is 311 Å². The van der Waals surface area contributed by atoms with Crippen molar-refractivity contribution in [2.24, 2.45) is 0 Å². The molecule has 0 bridgehead atoms. The third-order valence-electron chi connectivity index (χ3n) is 10.1. The highest BCUT2D eigenvalue weighted by atomic mass is 32.1. The van der Waals surface area contributed by atoms with Gasteiger partial charge < -0.3 is 0 Å². The fourth-order valence-corrected chi connectivity index (χ4v) is 9.74. The van der Waals surface area contributed by atoms with Gasteiger partial charge in [-0.2, -0.15) is 0 Å². The van der Waals surface area contributed by atoms with Crippen molar-refractivity contribution in [3.63, 3.8) is 0 Å². The molecule has 0 radical (unpaired) electrons. The third kappa shape index (κ3) is 5.36. The van der Waals surface area contributed by atoms with Gasteiger partial charge in [-0.25, -0.2) is 0 Å². The van der Waals surface area contributed by atoms with Crippen LogP contribution in [0.5, 0.6) is 0 Å². The molecule has 0 spiro atoms. The van der Waals surface area contributed by atoms with Gasteiger partial charge in [0, 0.05) is 19.5 Å². The minimum atomic E-state index is 1.23. The lowest BCUT2D eigenvalue weighted by atomic mass is 9.84. The molecule has 0 aliphatic heterocycles. The monoisotopic (exact) mass is 696 g/mol. The molecule has 0 fully saturated rings. The van der Waals surface area contributed by atoms with Gasteiger partial charge in [0.25, 0.3) is 0 Å². The van der Waals surface area contributed by atoms with Crippen molar-refractivity contribution in [3.8, 4) is 64.0 Å². The minimum Gasteiger partial charge on any atom is -0.135 e. The average molecular weight is 697 g/mol. The number of hydrogen-bond donors (Lipinski definition) is 0. The quantitative estimate of drug-likeness (QED) is 0.152. The predicted octanol–water partition coefficient (Wildman–Crippen LogP) is 15.3. The van der Waals surface area contributed by atoms with Crippen LogP contribution < -0.4 is 0 Å². The molecule has 8 aromatic carbocycles. The normalized spacial score (nSPS) is 11.5. The fourth-order valence-electron chi connectivity index (χ4n) is 7.68. The van der Waals surface area contributed by atoms with Crippen molar-refractivity contribution in [1.82, 2.24) is 0 Å². The van der Waals surface area contributed by atoms with Crippen molar-refractivity contribution >= 4 is 55.0 Å². The van der Waals surface area contributed by atoms with Gasteiger partial charge in [0.05, 0.1) is 0 Å². The van der Waals surface area contributed by atoms with Crippen molar-refractivity contribution in [3.05, 3.63) is 194 Å². The molecule has 2 aromatic heterocycles. The molecule has 0 nitrogen and oxygen atoms in total. The van der Waals surface area contributed by atoms with E-state index in [-0.39, 0.29) is 0 Å². The molecule has 0 N–H and O–H groups in total. The Kier molecular flexibility index (Phi) is 7.64. The molecule has 0 atom stereocenters. The van der Waals surface area contributed by atoms with Crippen LogP contribution in [0.3, 0.4) is 0 Å². The lowest BCUT2D eigenvalue weighted by Gasteiger charge is -2.20. The van der Waals surface area contributed by atoms with Crippen LogP contribution in [-0.4, -0.2) is 0 Å². The summed E-state index contributed by atoms with van der Waals surface area (Å²) in [5, 5.41) is 7.57. The Balaban J connectivity index is 1.24. The maximum Gasteiger partial charge on any atom is 0.0355 e. The van der Waals surface area contributed by atoms with Crippen LogP contribution in [0.2, 0.25) is 0 Å². The molecule has 0 aliphatic carbocycles. The number of rotatable bonds is 6. The summed E-state index contributed by atoms with van der Waals surface area (Å²) in [6.07, 6.45) is 0. The lowest BCUT2D eigenvalue weighted by molar-refractivity contribution is 1.65. The first-order valence-electron chi connectivity index (χ1n) is 17.7. The summed E-state index contributed by atoms with van der Waals surface area (Å²) in [5.41, 5.74) is 10.1. The van der Waals surface area contributed by atoms with E-state index in [9.17, 15) is 0 Å². The molecule has 10 aromatic rings. The first-order chi connectivity index (χ1) is 25.8. The van der Waals surface area contributed by atoms with E-state index < -0.39 is 0 Å². The van der Waals surface area contributed by atoms with E-state index in [2.05, 4.69) is 194 Å². The molecule has 52 heavy (non-hydrogen) atoms. The van der Waals surface area contributed by atoms with Crippen LogP contribution in [0.15, 0.2) is 194 Å². The zero-order valence-electron chi connectivity index (χ0n) is 28.3. The van der Waals surface area contributed by atoms with E-state index in [1.807, 2.05) is 22.7 Å². The Morgan fingerprint density at radius 3 is 1.33 bits per heavy atom. The molecular formula is C50H32S2. The van der Waals surface area contributed by atoms with Gasteiger partial charge in [0.1, 0.15) is 0 Å². The zero-order chi connectivity index (χ0) is 34.4. The molecular weight excluding hydrogens is 665 g/mol. The van der Waals surface area contributed by atoms with Gasteiger partial charge >= 0.3 is 0 Å². The fraction of sp³-hybridized carbons (Fsp3) is 0. The largest absolute Gasteiger partial charge is 0.135 e. The summed E-state index contributed by atoms with van der Waals surface area (Å²) in [5.74, 6) is 0.